The molecule has 0 aliphatic heterocycles. The molecule has 0 saturated heterocycles. The summed E-state index contributed by atoms with van der Waals surface area (Å²) in [5, 5.41) is 0. The van der Waals surface area contributed by atoms with E-state index in [-0.39, 0.29) is 0 Å². The molecule has 16 heavy (non-hydrogen) atoms. The monoisotopic (exact) mass is 210 g/mol. The Kier molecular flexibility index (Phi) is 5.90. The van der Waals surface area contributed by atoms with Crippen LogP contribution in [0.2, 0.25) is 0 Å². The van der Waals surface area contributed by atoms with Gasteiger partial charge in [0.2, 0.25) is 0 Å². The zero-order chi connectivity index (χ0) is 11.6. The number of hydrogen-bond donors (Lipinski definition) is 0. The van der Waals surface area contributed by atoms with Crippen LogP contribution in [0.5, 0.6) is 0 Å². The third kappa shape index (κ3) is 4.24. The molecule has 0 saturated carbocycles. The third-order valence-corrected chi connectivity index (χ3v) is 2.12. The molecule has 0 bridgehead atoms. The largest absolute Gasteiger partial charge is 0.0979 e. The minimum atomic E-state index is 0.955. The van der Waals surface area contributed by atoms with Gasteiger partial charge in [0.05, 0.1) is 0 Å². The molecule has 0 atom stereocenters. The molecule has 0 radical (unpaired) electrons. The van der Waals surface area contributed by atoms with E-state index in [0.717, 1.165) is 36.8 Å². The number of benzene rings is 1. The Hall–Kier alpha value is -1.66. The summed E-state index contributed by atoms with van der Waals surface area (Å²) in [4.78, 5) is 0. The maximum absolute atomic E-state index is 3.19. The molecule has 0 unspecified atom stereocenters. The molecule has 82 valence electrons. The van der Waals surface area contributed by atoms with Gasteiger partial charge in [0, 0.05) is 24.0 Å². The molecule has 1 rings (SSSR count). The molecule has 0 aliphatic carbocycles. The van der Waals surface area contributed by atoms with Crippen LogP contribution in [-0.4, -0.2) is 0 Å². The van der Waals surface area contributed by atoms with Gasteiger partial charge in [-0.3, -0.25) is 0 Å². The van der Waals surface area contributed by atoms with E-state index in [1.807, 2.05) is 24.3 Å². The van der Waals surface area contributed by atoms with Crippen LogP contribution < -0.4 is 0 Å². The third-order valence-electron chi connectivity index (χ3n) is 2.12. The fourth-order valence-electron chi connectivity index (χ4n) is 1.27. The maximum atomic E-state index is 3.19. The van der Waals surface area contributed by atoms with E-state index in [2.05, 4.69) is 37.5 Å². The molecule has 1 aromatic rings. The molecule has 0 amide bonds. The lowest BCUT2D eigenvalue weighted by Crippen LogP contribution is -1.82. The average molecular weight is 210 g/mol. The molecular formula is C16H18. The van der Waals surface area contributed by atoms with Crippen LogP contribution in [0.3, 0.4) is 0 Å². The molecule has 0 aromatic heterocycles. The Morgan fingerprint density at radius 2 is 1.25 bits per heavy atom. The smallest absolute Gasteiger partial charge is 0.0401 e. The normalized spacial score (nSPS) is 8.62. The Bertz CT molecular complexity index is 389. The van der Waals surface area contributed by atoms with Crippen molar-refractivity contribution < 1.29 is 0 Å². The van der Waals surface area contributed by atoms with Crippen molar-refractivity contribution in [2.75, 3.05) is 0 Å². The molecule has 0 nitrogen and oxygen atoms in total. The summed E-state index contributed by atoms with van der Waals surface area (Å²) in [5.41, 5.74) is 2.11. The number of unbranched alkanes of at least 4 members (excludes halogenated alkanes) is 2. The quantitative estimate of drug-likeness (QED) is 0.647. The van der Waals surface area contributed by atoms with Crippen LogP contribution in [0.15, 0.2) is 24.3 Å². The fourth-order valence-corrected chi connectivity index (χ4v) is 1.27. The summed E-state index contributed by atoms with van der Waals surface area (Å²) in [6, 6.07) is 8.11. The van der Waals surface area contributed by atoms with E-state index >= 15 is 0 Å². The van der Waals surface area contributed by atoms with Crippen molar-refractivity contribution in [2.24, 2.45) is 0 Å². The van der Waals surface area contributed by atoms with Crippen LogP contribution in [0.25, 0.3) is 0 Å². The van der Waals surface area contributed by atoms with Gasteiger partial charge in [-0.25, -0.2) is 0 Å². The van der Waals surface area contributed by atoms with E-state index in [0.29, 0.717) is 0 Å². The zero-order valence-corrected chi connectivity index (χ0v) is 10.1. The Morgan fingerprint density at radius 1 is 0.812 bits per heavy atom. The van der Waals surface area contributed by atoms with Gasteiger partial charge in [-0.1, -0.05) is 49.7 Å². The first-order valence-corrected chi connectivity index (χ1v) is 5.95. The molecule has 0 heteroatoms. The summed E-state index contributed by atoms with van der Waals surface area (Å²) in [6.45, 7) is 4.28. The van der Waals surface area contributed by atoms with Gasteiger partial charge in [-0.15, -0.1) is 0 Å². The highest BCUT2D eigenvalue weighted by atomic mass is 13.9. The molecule has 1 aromatic carbocycles. The number of rotatable bonds is 2. The molecular weight excluding hydrogens is 192 g/mol. The van der Waals surface area contributed by atoms with Crippen molar-refractivity contribution >= 4 is 0 Å². The van der Waals surface area contributed by atoms with E-state index in [9.17, 15) is 0 Å². The van der Waals surface area contributed by atoms with Crippen LogP contribution in [0.1, 0.15) is 50.7 Å². The van der Waals surface area contributed by atoms with Gasteiger partial charge >= 0.3 is 0 Å². The lowest BCUT2D eigenvalue weighted by atomic mass is 10.1. The van der Waals surface area contributed by atoms with Crippen molar-refractivity contribution in [1.82, 2.24) is 0 Å². The highest BCUT2D eigenvalue weighted by molar-refractivity contribution is 5.49. The van der Waals surface area contributed by atoms with Gasteiger partial charge in [0.25, 0.3) is 0 Å². The van der Waals surface area contributed by atoms with E-state index in [1.54, 1.807) is 0 Å². The van der Waals surface area contributed by atoms with Crippen molar-refractivity contribution in [3.8, 4) is 23.7 Å². The summed E-state index contributed by atoms with van der Waals surface area (Å²) in [5.74, 6) is 12.7. The van der Waals surface area contributed by atoms with Crippen LogP contribution in [-0.2, 0) is 0 Å². The second kappa shape index (κ2) is 7.61. The zero-order valence-electron chi connectivity index (χ0n) is 10.1. The first-order chi connectivity index (χ1) is 7.88. The second-order valence-electron chi connectivity index (χ2n) is 3.65. The minimum Gasteiger partial charge on any atom is -0.0979 e. The predicted molar refractivity (Wildman–Crippen MR) is 70.0 cm³/mol. The van der Waals surface area contributed by atoms with E-state index < -0.39 is 0 Å². The van der Waals surface area contributed by atoms with Crippen molar-refractivity contribution in [2.45, 2.75) is 39.5 Å². The van der Waals surface area contributed by atoms with Gasteiger partial charge in [0.15, 0.2) is 0 Å². The minimum absolute atomic E-state index is 0.955. The summed E-state index contributed by atoms with van der Waals surface area (Å²) < 4.78 is 0. The lowest BCUT2D eigenvalue weighted by Gasteiger charge is -1.94. The van der Waals surface area contributed by atoms with E-state index in [1.165, 1.54) is 0 Å². The van der Waals surface area contributed by atoms with Crippen LogP contribution >= 0.6 is 0 Å². The first kappa shape index (κ1) is 12.4. The lowest BCUT2D eigenvalue weighted by molar-refractivity contribution is 0.982. The SMILES string of the molecule is CCCC#Cc1ccccc1C#CCCC. The second-order valence-corrected chi connectivity index (χ2v) is 3.65. The molecule has 0 N–H and O–H groups in total. The van der Waals surface area contributed by atoms with Crippen molar-refractivity contribution in [3.63, 3.8) is 0 Å². The fraction of sp³-hybridized carbons (Fsp3) is 0.375. The Morgan fingerprint density at radius 3 is 1.62 bits per heavy atom. The topological polar surface area (TPSA) is 0 Å². The van der Waals surface area contributed by atoms with Gasteiger partial charge in [0.1, 0.15) is 0 Å². The van der Waals surface area contributed by atoms with Crippen LogP contribution in [0, 0.1) is 23.7 Å². The van der Waals surface area contributed by atoms with E-state index in [4.69, 9.17) is 0 Å². The average Bonchev–Trinajstić information content (AvgIpc) is 2.32. The molecule has 0 aliphatic rings. The molecule has 0 spiro atoms. The van der Waals surface area contributed by atoms with Gasteiger partial charge in [-0.2, -0.15) is 0 Å². The summed E-state index contributed by atoms with van der Waals surface area (Å²) >= 11 is 0. The summed E-state index contributed by atoms with van der Waals surface area (Å²) in [6.07, 6.45) is 4.13. The van der Waals surface area contributed by atoms with Crippen molar-refractivity contribution in [1.29, 1.82) is 0 Å². The Balaban J connectivity index is 2.86. The predicted octanol–water partition coefficient (Wildman–Crippen LogP) is 3.99. The highest BCUT2D eigenvalue weighted by Crippen LogP contribution is 2.05. The first-order valence-electron chi connectivity index (χ1n) is 5.95. The standard InChI is InChI=1S/C16H18/c1-3-5-7-11-15-13-9-10-14-16(15)12-8-6-4-2/h9-10,13-14H,3-6H2,1-2H3. The molecule has 0 fully saturated rings. The Labute approximate surface area is 99.1 Å². The maximum Gasteiger partial charge on any atom is 0.0401 e. The van der Waals surface area contributed by atoms with Gasteiger partial charge in [-0.05, 0) is 25.0 Å². The van der Waals surface area contributed by atoms with Crippen molar-refractivity contribution in [3.05, 3.63) is 35.4 Å². The highest BCUT2D eigenvalue weighted by Gasteiger charge is 1.93. The molecule has 0 heterocycles. The van der Waals surface area contributed by atoms with Gasteiger partial charge < -0.3 is 0 Å². The summed E-state index contributed by atoms with van der Waals surface area (Å²) in [7, 11) is 0. The van der Waals surface area contributed by atoms with Crippen LogP contribution in [0.4, 0.5) is 0 Å². The number of hydrogen-bond acceptors (Lipinski definition) is 0.